The fraction of sp³-hybridized carbons (Fsp3) is 0.343. The van der Waals surface area contributed by atoms with Gasteiger partial charge in [0.25, 0.3) is 5.56 Å². The molecule has 3 heterocycles. The first kappa shape index (κ1) is 31.1. The van der Waals surface area contributed by atoms with Gasteiger partial charge in [-0.05, 0) is 102 Å². The van der Waals surface area contributed by atoms with E-state index < -0.39 is 12.0 Å². The van der Waals surface area contributed by atoms with Crippen molar-refractivity contribution in [2.45, 2.75) is 67.5 Å². The largest absolute Gasteiger partial charge is 0.493 e. The van der Waals surface area contributed by atoms with Gasteiger partial charge in [0, 0.05) is 17.1 Å². The first-order chi connectivity index (χ1) is 20.9. The fourth-order valence-electron chi connectivity index (χ4n) is 5.81. The summed E-state index contributed by atoms with van der Waals surface area (Å²) in [5.41, 5.74) is 7.84. The third kappa shape index (κ3) is 5.64. The molecule has 1 atom stereocenters. The molecule has 1 aliphatic heterocycles. The van der Waals surface area contributed by atoms with E-state index in [1.807, 2.05) is 38.1 Å². The second-order valence-corrected chi connectivity index (χ2v) is 12.3. The highest BCUT2D eigenvalue weighted by Crippen LogP contribution is 2.36. The van der Waals surface area contributed by atoms with Gasteiger partial charge >= 0.3 is 5.97 Å². The Morgan fingerprint density at radius 1 is 1.05 bits per heavy atom. The van der Waals surface area contributed by atoms with Crippen LogP contribution >= 0.6 is 11.3 Å². The van der Waals surface area contributed by atoms with Gasteiger partial charge in [0.15, 0.2) is 16.3 Å². The quantitative estimate of drug-likeness (QED) is 0.241. The summed E-state index contributed by atoms with van der Waals surface area (Å²) in [5.74, 6) is 0.581. The molecular formula is C35H39N3O5S. The SMILES string of the molecule is CCOC(=O)C1=C(C)N=c2s/c(=C\c3cc(C)n(-c4ccc(C)cc4C)c3C)c(=O)n2[C@H]1c1ccc(OC(C)C)c(OC)c1. The minimum Gasteiger partial charge on any atom is -0.493 e. The third-order valence-electron chi connectivity index (χ3n) is 7.73. The molecule has 0 saturated heterocycles. The van der Waals surface area contributed by atoms with Crippen molar-refractivity contribution >= 4 is 23.4 Å². The van der Waals surface area contributed by atoms with Crippen LogP contribution < -0.4 is 24.4 Å². The van der Waals surface area contributed by atoms with Gasteiger partial charge in [-0.1, -0.05) is 35.1 Å². The van der Waals surface area contributed by atoms with Gasteiger partial charge in [0.1, 0.15) is 0 Å². The van der Waals surface area contributed by atoms with E-state index in [2.05, 4.69) is 56.5 Å². The van der Waals surface area contributed by atoms with E-state index >= 15 is 0 Å². The number of carbonyl (C=O) groups is 1. The summed E-state index contributed by atoms with van der Waals surface area (Å²) in [4.78, 5) is 32.8. The van der Waals surface area contributed by atoms with Gasteiger partial charge in [0.05, 0.1) is 41.7 Å². The average Bonchev–Trinajstić information content (AvgIpc) is 3.41. The van der Waals surface area contributed by atoms with Crippen LogP contribution in [0.3, 0.4) is 0 Å². The number of carbonyl (C=O) groups excluding carboxylic acids is 1. The number of benzene rings is 2. The van der Waals surface area contributed by atoms with Crippen molar-refractivity contribution in [3.05, 3.63) is 107 Å². The molecule has 0 aliphatic carbocycles. The standard InChI is InChI=1S/C35H39N3O5S/c1-10-42-34(40)31-23(7)36-35-38(32(31)25-12-14-28(43-19(2)3)29(17-25)41-9)33(39)30(44-35)18-26-16-22(6)37(24(26)8)27-13-11-20(4)15-21(27)5/h11-19,32H,10H2,1-9H3/b30-18-/t32-/m0/s1. The van der Waals surface area contributed by atoms with Crippen molar-refractivity contribution in [1.82, 2.24) is 9.13 Å². The summed E-state index contributed by atoms with van der Waals surface area (Å²) in [6.07, 6.45) is 1.87. The molecule has 44 heavy (non-hydrogen) atoms. The molecule has 0 fully saturated rings. The Morgan fingerprint density at radius 2 is 1.80 bits per heavy atom. The number of thiazole rings is 1. The number of aryl methyl sites for hydroxylation is 3. The van der Waals surface area contributed by atoms with Gasteiger partial charge in [-0.25, -0.2) is 9.79 Å². The molecule has 0 radical (unpaired) electrons. The molecule has 0 N–H and O–H groups in total. The van der Waals surface area contributed by atoms with Crippen LogP contribution in [0.25, 0.3) is 11.8 Å². The fourth-order valence-corrected chi connectivity index (χ4v) is 6.85. The van der Waals surface area contributed by atoms with Crippen LogP contribution in [0.1, 0.15) is 67.4 Å². The zero-order valence-electron chi connectivity index (χ0n) is 26.8. The average molecular weight is 614 g/mol. The predicted octanol–water partition coefficient (Wildman–Crippen LogP) is 5.62. The predicted molar refractivity (Wildman–Crippen MR) is 174 cm³/mol. The molecule has 230 valence electrons. The molecule has 9 heteroatoms. The van der Waals surface area contributed by atoms with Crippen LogP contribution in [0.15, 0.2) is 63.5 Å². The molecule has 0 spiro atoms. The number of ether oxygens (including phenoxy) is 3. The summed E-state index contributed by atoms with van der Waals surface area (Å²) in [7, 11) is 1.57. The van der Waals surface area contributed by atoms with Crippen LogP contribution in [0.4, 0.5) is 0 Å². The van der Waals surface area contributed by atoms with Crippen molar-refractivity contribution in [3.63, 3.8) is 0 Å². The van der Waals surface area contributed by atoms with Gasteiger partial charge in [-0.2, -0.15) is 0 Å². The minimum atomic E-state index is -0.753. The monoisotopic (exact) mass is 613 g/mol. The number of allylic oxidation sites excluding steroid dienone is 1. The van der Waals surface area contributed by atoms with Crippen molar-refractivity contribution in [2.75, 3.05) is 13.7 Å². The Kier molecular flexibility index (Phi) is 8.70. The Hall–Kier alpha value is -4.37. The summed E-state index contributed by atoms with van der Waals surface area (Å²) in [5, 5.41) is 0. The Bertz CT molecular complexity index is 1980. The van der Waals surface area contributed by atoms with Gasteiger partial charge < -0.3 is 18.8 Å². The Morgan fingerprint density at radius 3 is 2.45 bits per heavy atom. The number of hydrogen-bond donors (Lipinski definition) is 0. The first-order valence-electron chi connectivity index (χ1n) is 14.8. The van der Waals surface area contributed by atoms with Crippen LogP contribution in [0.5, 0.6) is 11.5 Å². The molecule has 4 aromatic rings. The number of aromatic nitrogens is 2. The number of nitrogens with zero attached hydrogens (tertiary/aromatic N) is 3. The summed E-state index contributed by atoms with van der Waals surface area (Å²) >= 11 is 1.31. The highest BCUT2D eigenvalue weighted by Gasteiger charge is 2.34. The summed E-state index contributed by atoms with van der Waals surface area (Å²) in [6, 6.07) is 13.2. The molecule has 0 saturated carbocycles. The van der Waals surface area contributed by atoms with Gasteiger partial charge in [0.2, 0.25) is 0 Å². The normalized spacial score (nSPS) is 15.0. The molecule has 0 unspecified atom stereocenters. The maximum absolute atomic E-state index is 14.2. The van der Waals surface area contributed by atoms with E-state index in [1.165, 1.54) is 22.5 Å². The van der Waals surface area contributed by atoms with E-state index in [0.717, 1.165) is 22.6 Å². The molecule has 8 nitrogen and oxygen atoms in total. The van der Waals surface area contributed by atoms with Crippen molar-refractivity contribution < 1.29 is 19.0 Å². The molecule has 2 aromatic carbocycles. The van der Waals surface area contributed by atoms with Crippen LogP contribution in [-0.2, 0) is 9.53 Å². The van der Waals surface area contributed by atoms with Crippen LogP contribution in [0.2, 0.25) is 0 Å². The second-order valence-electron chi connectivity index (χ2n) is 11.3. The lowest BCUT2D eigenvalue weighted by atomic mass is 9.95. The minimum absolute atomic E-state index is 0.0541. The zero-order chi connectivity index (χ0) is 31.9. The topological polar surface area (TPSA) is 84.1 Å². The molecule has 0 amide bonds. The summed E-state index contributed by atoms with van der Waals surface area (Å²) in [6.45, 7) is 15.9. The highest BCUT2D eigenvalue weighted by atomic mass is 32.1. The zero-order valence-corrected chi connectivity index (χ0v) is 27.6. The molecule has 0 bridgehead atoms. The summed E-state index contributed by atoms with van der Waals surface area (Å²) < 4.78 is 21.4. The molecular weight excluding hydrogens is 574 g/mol. The van der Waals surface area contributed by atoms with Crippen molar-refractivity contribution in [3.8, 4) is 17.2 Å². The van der Waals surface area contributed by atoms with Crippen molar-refractivity contribution in [2.24, 2.45) is 4.99 Å². The number of methoxy groups -OCH3 is 1. The lowest BCUT2D eigenvalue weighted by Crippen LogP contribution is -2.40. The van der Waals surface area contributed by atoms with Crippen LogP contribution in [-0.4, -0.2) is 34.9 Å². The Labute approximate surface area is 261 Å². The van der Waals surface area contributed by atoms with Gasteiger partial charge in [-0.15, -0.1) is 0 Å². The maximum Gasteiger partial charge on any atom is 0.338 e. The third-order valence-corrected chi connectivity index (χ3v) is 8.72. The number of esters is 1. The van der Waals surface area contributed by atoms with E-state index in [4.69, 9.17) is 19.2 Å². The number of rotatable bonds is 8. The number of fused-ring (bicyclic) bond motifs is 1. The van der Waals surface area contributed by atoms with E-state index in [9.17, 15) is 9.59 Å². The molecule has 1 aliphatic rings. The van der Waals surface area contributed by atoms with Gasteiger partial charge in [-0.3, -0.25) is 9.36 Å². The molecule has 2 aromatic heterocycles. The lowest BCUT2D eigenvalue weighted by Gasteiger charge is -2.25. The first-order valence-corrected chi connectivity index (χ1v) is 15.6. The van der Waals surface area contributed by atoms with E-state index in [1.54, 1.807) is 25.5 Å². The molecule has 5 rings (SSSR count). The number of hydrogen-bond acceptors (Lipinski definition) is 7. The Balaban J connectivity index is 1.70. The second kappa shape index (κ2) is 12.3. The van der Waals surface area contributed by atoms with E-state index in [-0.39, 0.29) is 18.3 Å². The highest BCUT2D eigenvalue weighted by molar-refractivity contribution is 7.07. The van der Waals surface area contributed by atoms with Crippen LogP contribution in [0, 0.1) is 27.7 Å². The van der Waals surface area contributed by atoms with Crippen molar-refractivity contribution in [1.29, 1.82) is 0 Å². The maximum atomic E-state index is 14.2. The van der Waals surface area contributed by atoms with E-state index in [0.29, 0.717) is 37.7 Å². The smallest absolute Gasteiger partial charge is 0.338 e. The lowest BCUT2D eigenvalue weighted by molar-refractivity contribution is -0.139.